The van der Waals surface area contributed by atoms with Crippen molar-refractivity contribution in [2.24, 2.45) is 7.05 Å². The monoisotopic (exact) mass is 422 g/mol. The van der Waals surface area contributed by atoms with Gasteiger partial charge in [0.2, 0.25) is 0 Å². The van der Waals surface area contributed by atoms with Gasteiger partial charge in [-0.05, 0) is 6.07 Å². The Bertz CT molecular complexity index is 1170. The van der Waals surface area contributed by atoms with Crippen LogP contribution in [0.25, 0.3) is 33.5 Å². The van der Waals surface area contributed by atoms with Crippen LogP contribution in [0.15, 0.2) is 18.5 Å². The van der Waals surface area contributed by atoms with Gasteiger partial charge in [0.05, 0.1) is 31.1 Å². The maximum absolute atomic E-state index is 15.1. The summed E-state index contributed by atoms with van der Waals surface area (Å²) in [5, 5.41) is 13.8. The van der Waals surface area contributed by atoms with E-state index in [4.69, 9.17) is 21.1 Å². The number of hydrogen-bond acceptors (Lipinski definition) is 5. The molecule has 8 nitrogen and oxygen atoms in total. The van der Waals surface area contributed by atoms with Crippen LogP contribution in [-0.2, 0) is 11.8 Å². The molecule has 0 radical (unpaired) electrons. The van der Waals surface area contributed by atoms with Crippen LogP contribution in [0.5, 0.6) is 5.75 Å². The van der Waals surface area contributed by atoms with Gasteiger partial charge in [-0.3, -0.25) is 10.2 Å². The van der Waals surface area contributed by atoms with Crippen LogP contribution in [0.2, 0.25) is 5.02 Å². The maximum atomic E-state index is 15.1. The minimum absolute atomic E-state index is 0.0151. The zero-order chi connectivity index (χ0) is 20.7. The molecule has 0 fully saturated rings. The van der Waals surface area contributed by atoms with Crippen molar-refractivity contribution < 1.29 is 18.3 Å². The second kappa shape index (κ2) is 7.45. The minimum atomic E-state index is -1.47. The highest BCUT2D eigenvalue weighted by Crippen LogP contribution is 2.44. The molecule has 4 aromatic rings. The zero-order valence-corrected chi connectivity index (χ0v) is 16.5. The lowest BCUT2D eigenvalue weighted by Gasteiger charge is -2.06. The first-order valence-electron chi connectivity index (χ1n) is 8.57. The SMILES string of the molecule is COC[C@H](F)c1nc(-c2c(-c3cn[nH]c3)c3cc(OC)c(Cl)c(F)c3n2C)n[nH]1. The standard InChI is InChI=1S/C18H17ClF2N6O2/c1-27-15-9(4-11(29-3)13(19)14(15)21)12(8-5-22-23-6-8)16(27)18-24-17(25-26-18)10(20)7-28-2/h4-6,10H,7H2,1-3H3,(H,22,23)(H,24,25,26)/t10-/m0/s1. The molecule has 4 rings (SSSR count). The van der Waals surface area contributed by atoms with Gasteiger partial charge < -0.3 is 14.0 Å². The van der Waals surface area contributed by atoms with Gasteiger partial charge in [-0.1, -0.05) is 11.6 Å². The molecule has 11 heteroatoms. The second-order valence-electron chi connectivity index (χ2n) is 6.34. The van der Waals surface area contributed by atoms with Crippen molar-refractivity contribution in [1.82, 2.24) is 29.9 Å². The Morgan fingerprint density at radius 3 is 2.79 bits per heavy atom. The lowest BCUT2D eigenvalue weighted by atomic mass is 10.0. The molecular formula is C18H17ClF2N6O2. The molecule has 0 saturated carbocycles. The molecule has 3 heterocycles. The molecular weight excluding hydrogens is 406 g/mol. The van der Waals surface area contributed by atoms with Gasteiger partial charge in [0.15, 0.2) is 23.6 Å². The third-order valence-corrected chi connectivity index (χ3v) is 5.01. The molecule has 0 spiro atoms. The highest BCUT2D eigenvalue weighted by molar-refractivity contribution is 6.33. The van der Waals surface area contributed by atoms with E-state index in [2.05, 4.69) is 25.4 Å². The fourth-order valence-electron chi connectivity index (χ4n) is 3.35. The fourth-order valence-corrected chi connectivity index (χ4v) is 3.58. The van der Waals surface area contributed by atoms with Crippen molar-refractivity contribution in [2.75, 3.05) is 20.8 Å². The molecule has 0 aliphatic carbocycles. The van der Waals surface area contributed by atoms with Crippen LogP contribution in [0.1, 0.15) is 12.0 Å². The van der Waals surface area contributed by atoms with Gasteiger partial charge in [0.1, 0.15) is 10.8 Å². The number of aryl methyl sites for hydroxylation is 1. The first kappa shape index (κ1) is 19.3. The second-order valence-corrected chi connectivity index (χ2v) is 6.72. The van der Waals surface area contributed by atoms with Crippen LogP contribution < -0.4 is 4.74 Å². The van der Waals surface area contributed by atoms with E-state index in [9.17, 15) is 4.39 Å². The highest BCUT2D eigenvalue weighted by atomic mass is 35.5. The summed E-state index contributed by atoms with van der Waals surface area (Å²) in [7, 11) is 4.46. The summed E-state index contributed by atoms with van der Waals surface area (Å²) >= 11 is 6.12. The van der Waals surface area contributed by atoms with Gasteiger partial charge in [-0.25, -0.2) is 13.8 Å². The molecule has 1 aromatic carbocycles. The molecule has 0 aliphatic rings. The summed E-state index contributed by atoms with van der Waals surface area (Å²) in [6.45, 7) is -0.167. The van der Waals surface area contributed by atoms with Crippen LogP contribution in [-0.4, -0.2) is 50.8 Å². The Balaban J connectivity index is 2.03. The van der Waals surface area contributed by atoms with E-state index in [0.29, 0.717) is 22.2 Å². The van der Waals surface area contributed by atoms with Gasteiger partial charge in [0.25, 0.3) is 0 Å². The van der Waals surface area contributed by atoms with Crippen LogP contribution in [0, 0.1) is 5.82 Å². The first-order valence-corrected chi connectivity index (χ1v) is 8.94. The number of methoxy groups -OCH3 is 2. The van der Waals surface area contributed by atoms with E-state index < -0.39 is 12.0 Å². The molecule has 3 aromatic heterocycles. The molecule has 0 amide bonds. The molecule has 29 heavy (non-hydrogen) atoms. The van der Waals surface area contributed by atoms with Crippen LogP contribution in [0.3, 0.4) is 0 Å². The number of aromatic amines is 2. The number of ether oxygens (including phenoxy) is 2. The summed E-state index contributed by atoms with van der Waals surface area (Å²) in [6.07, 6.45) is 1.78. The van der Waals surface area contributed by atoms with Crippen molar-refractivity contribution in [3.05, 3.63) is 35.1 Å². The summed E-state index contributed by atoms with van der Waals surface area (Å²) in [4.78, 5) is 4.26. The van der Waals surface area contributed by atoms with E-state index in [0.717, 1.165) is 0 Å². The highest BCUT2D eigenvalue weighted by Gasteiger charge is 2.27. The lowest BCUT2D eigenvalue weighted by molar-refractivity contribution is 0.120. The average molecular weight is 423 g/mol. The molecule has 0 bridgehead atoms. The van der Waals surface area contributed by atoms with Gasteiger partial charge in [-0.2, -0.15) is 10.2 Å². The number of rotatable bonds is 6. The normalized spacial score (nSPS) is 12.6. The zero-order valence-electron chi connectivity index (χ0n) is 15.8. The van der Waals surface area contributed by atoms with E-state index in [1.54, 1.807) is 30.1 Å². The first-order chi connectivity index (χ1) is 14.0. The number of aromatic nitrogens is 6. The lowest BCUT2D eigenvalue weighted by Crippen LogP contribution is -2.02. The minimum Gasteiger partial charge on any atom is -0.495 e. The van der Waals surface area contributed by atoms with Crippen molar-refractivity contribution in [1.29, 1.82) is 0 Å². The Kier molecular flexibility index (Phi) is 4.97. The predicted octanol–water partition coefficient (Wildman–Crippen LogP) is 3.81. The largest absolute Gasteiger partial charge is 0.495 e. The number of nitrogens with one attached hydrogen (secondary N) is 2. The predicted molar refractivity (Wildman–Crippen MR) is 103 cm³/mol. The number of alkyl halides is 1. The Hall–Kier alpha value is -2.98. The number of nitrogens with zero attached hydrogens (tertiary/aromatic N) is 4. The van der Waals surface area contributed by atoms with E-state index in [1.807, 2.05) is 0 Å². The fraction of sp³-hybridized carbons (Fsp3) is 0.278. The molecule has 0 saturated heterocycles. The molecule has 152 valence electrons. The summed E-state index contributed by atoms with van der Waals surface area (Å²) in [6, 6.07) is 1.64. The third kappa shape index (κ3) is 3.04. The van der Waals surface area contributed by atoms with Crippen molar-refractivity contribution >= 4 is 22.5 Å². The van der Waals surface area contributed by atoms with Crippen molar-refractivity contribution in [2.45, 2.75) is 6.17 Å². The average Bonchev–Trinajstić information content (AvgIpc) is 3.43. The quantitative estimate of drug-likeness (QED) is 0.492. The van der Waals surface area contributed by atoms with E-state index in [1.165, 1.54) is 14.2 Å². The number of halogens is 3. The maximum Gasteiger partial charge on any atom is 0.198 e. The molecule has 0 unspecified atom stereocenters. The number of H-pyrrole nitrogens is 2. The van der Waals surface area contributed by atoms with E-state index in [-0.39, 0.29) is 34.5 Å². The van der Waals surface area contributed by atoms with Gasteiger partial charge in [0, 0.05) is 36.9 Å². The molecule has 2 N–H and O–H groups in total. The smallest absolute Gasteiger partial charge is 0.198 e. The molecule has 1 atom stereocenters. The van der Waals surface area contributed by atoms with Crippen molar-refractivity contribution in [3.8, 4) is 28.4 Å². The third-order valence-electron chi connectivity index (χ3n) is 4.66. The van der Waals surface area contributed by atoms with Crippen LogP contribution >= 0.6 is 11.6 Å². The molecule has 0 aliphatic heterocycles. The van der Waals surface area contributed by atoms with Gasteiger partial charge in [-0.15, -0.1) is 0 Å². The van der Waals surface area contributed by atoms with Gasteiger partial charge >= 0.3 is 0 Å². The Morgan fingerprint density at radius 2 is 2.14 bits per heavy atom. The topological polar surface area (TPSA) is 93.6 Å². The summed E-state index contributed by atoms with van der Waals surface area (Å²) < 4.78 is 40.9. The number of hydrogen-bond donors (Lipinski definition) is 2. The van der Waals surface area contributed by atoms with E-state index >= 15 is 4.39 Å². The Morgan fingerprint density at radius 1 is 1.34 bits per heavy atom. The number of fused-ring (bicyclic) bond motifs is 1. The van der Waals surface area contributed by atoms with Crippen molar-refractivity contribution in [3.63, 3.8) is 0 Å². The Labute approximate surface area is 168 Å². The summed E-state index contributed by atoms with van der Waals surface area (Å²) in [5.41, 5.74) is 1.99. The van der Waals surface area contributed by atoms with Crippen LogP contribution in [0.4, 0.5) is 8.78 Å². The number of benzene rings is 1. The summed E-state index contributed by atoms with van der Waals surface area (Å²) in [5.74, 6) is -0.236.